The molecule has 0 bridgehead atoms. The number of nitrogens with zero attached hydrogens (tertiary/aromatic N) is 2. The zero-order chi connectivity index (χ0) is 16.5. The summed E-state index contributed by atoms with van der Waals surface area (Å²) in [4.78, 5) is 29.3. The summed E-state index contributed by atoms with van der Waals surface area (Å²) in [5.74, 6) is 1.01. The van der Waals surface area contributed by atoms with Gasteiger partial charge in [0.05, 0.1) is 6.54 Å². The maximum atomic E-state index is 12.1. The van der Waals surface area contributed by atoms with Crippen LogP contribution in [-0.2, 0) is 9.53 Å². The van der Waals surface area contributed by atoms with Crippen molar-refractivity contribution in [2.75, 3.05) is 43.0 Å². The molecule has 0 aliphatic carbocycles. The van der Waals surface area contributed by atoms with Crippen LogP contribution in [0.3, 0.4) is 0 Å². The molecule has 144 valence electrons. The van der Waals surface area contributed by atoms with Gasteiger partial charge in [-0.3, -0.25) is 9.69 Å². The van der Waals surface area contributed by atoms with E-state index in [0.29, 0.717) is 36.5 Å². The highest BCUT2D eigenvalue weighted by atomic mass is 35.5. The van der Waals surface area contributed by atoms with E-state index in [-0.39, 0.29) is 43.4 Å². The Morgan fingerprint density at radius 2 is 2.15 bits per heavy atom. The molecule has 2 fully saturated rings. The van der Waals surface area contributed by atoms with Gasteiger partial charge < -0.3 is 25.4 Å². The lowest BCUT2D eigenvalue weighted by molar-refractivity contribution is -0.118. The van der Waals surface area contributed by atoms with Crippen molar-refractivity contribution < 1.29 is 19.1 Å². The average molecular weight is 406 g/mol. The standard InChI is InChI=1S/C15H19N5O4.2ClH/c21-13-8-23-11-1-2-12(18-14(11)19-13)20-7-10(24-15(20)22)6-17-9-3-4-16-5-9;;/h1-2,9-10,16-17H,3-8H2,(H,18,19,21);2*1H/t9-,10-;;/m0../s1. The highest BCUT2D eigenvalue weighted by molar-refractivity contribution is 5.95. The van der Waals surface area contributed by atoms with Gasteiger partial charge in [-0.05, 0) is 25.1 Å². The summed E-state index contributed by atoms with van der Waals surface area (Å²) >= 11 is 0. The number of aromatic nitrogens is 1. The van der Waals surface area contributed by atoms with Gasteiger partial charge in [-0.15, -0.1) is 24.8 Å². The number of fused-ring (bicyclic) bond motifs is 1. The largest absolute Gasteiger partial charge is 0.480 e. The second-order valence-corrected chi connectivity index (χ2v) is 6.07. The number of halogens is 2. The number of amides is 2. The van der Waals surface area contributed by atoms with Gasteiger partial charge >= 0.3 is 6.09 Å². The van der Waals surface area contributed by atoms with Crippen molar-refractivity contribution in [3.63, 3.8) is 0 Å². The van der Waals surface area contributed by atoms with Gasteiger partial charge in [-0.25, -0.2) is 9.78 Å². The van der Waals surface area contributed by atoms with E-state index in [2.05, 4.69) is 20.9 Å². The summed E-state index contributed by atoms with van der Waals surface area (Å²) in [5.41, 5.74) is 0. The number of cyclic esters (lactones) is 1. The van der Waals surface area contributed by atoms with E-state index in [9.17, 15) is 9.59 Å². The molecule has 4 heterocycles. The van der Waals surface area contributed by atoms with Crippen LogP contribution in [0.2, 0.25) is 0 Å². The molecular weight excluding hydrogens is 385 g/mol. The Morgan fingerprint density at radius 3 is 2.92 bits per heavy atom. The number of anilines is 2. The highest BCUT2D eigenvalue weighted by Gasteiger charge is 2.34. The molecule has 3 aliphatic heterocycles. The summed E-state index contributed by atoms with van der Waals surface area (Å²) in [6, 6.07) is 3.81. The van der Waals surface area contributed by atoms with E-state index >= 15 is 0 Å². The Bertz CT molecular complexity index is 671. The van der Waals surface area contributed by atoms with Crippen molar-refractivity contribution in [3.8, 4) is 5.75 Å². The molecule has 0 radical (unpaired) electrons. The van der Waals surface area contributed by atoms with E-state index in [1.54, 1.807) is 12.1 Å². The van der Waals surface area contributed by atoms with Gasteiger partial charge in [0.1, 0.15) is 11.9 Å². The zero-order valence-electron chi connectivity index (χ0n) is 13.9. The average Bonchev–Trinajstić information content (AvgIpc) is 3.21. The van der Waals surface area contributed by atoms with Gasteiger partial charge in [0.2, 0.25) is 0 Å². The Balaban J connectivity index is 0.00000121. The molecule has 11 heteroatoms. The maximum Gasteiger partial charge on any atom is 0.416 e. The zero-order valence-corrected chi connectivity index (χ0v) is 15.5. The molecule has 0 spiro atoms. The summed E-state index contributed by atoms with van der Waals surface area (Å²) in [6.07, 6.45) is 0.430. The Labute approximate surface area is 163 Å². The van der Waals surface area contributed by atoms with Crippen LogP contribution in [0.25, 0.3) is 0 Å². The van der Waals surface area contributed by atoms with Crippen LogP contribution in [0.15, 0.2) is 12.1 Å². The molecule has 1 aromatic rings. The van der Waals surface area contributed by atoms with Crippen molar-refractivity contribution >= 4 is 48.5 Å². The van der Waals surface area contributed by atoms with Crippen molar-refractivity contribution in [3.05, 3.63) is 12.1 Å². The Hall–Kier alpha value is -1.81. The first-order valence-electron chi connectivity index (χ1n) is 8.05. The molecule has 2 saturated heterocycles. The first-order chi connectivity index (χ1) is 11.7. The first-order valence-corrected chi connectivity index (χ1v) is 8.05. The van der Waals surface area contributed by atoms with E-state index in [0.717, 1.165) is 19.5 Å². The van der Waals surface area contributed by atoms with Crippen LogP contribution >= 0.6 is 24.8 Å². The number of hydrogen-bond acceptors (Lipinski definition) is 7. The third kappa shape index (κ3) is 4.29. The lowest BCUT2D eigenvalue weighted by Crippen LogP contribution is -2.38. The number of carbonyl (C=O) groups excluding carboxylic acids is 2. The predicted octanol–water partition coefficient (Wildman–Crippen LogP) is 0.533. The van der Waals surface area contributed by atoms with Crippen LogP contribution in [0, 0.1) is 0 Å². The van der Waals surface area contributed by atoms with Crippen LogP contribution < -0.4 is 25.6 Å². The van der Waals surface area contributed by atoms with Crippen molar-refractivity contribution in [1.29, 1.82) is 0 Å². The quantitative estimate of drug-likeness (QED) is 0.670. The highest BCUT2D eigenvalue weighted by Crippen LogP contribution is 2.29. The van der Waals surface area contributed by atoms with Crippen LogP contribution in [0.4, 0.5) is 16.4 Å². The molecule has 26 heavy (non-hydrogen) atoms. The Kier molecular flexibility index (Phi) is 6.87. The third-order valence-electron chi connectivity index (χ3n) is 4.31. The van der Waals surface area contributed by atoms with Gasteiger partial charge in [0, 0.05) is 19.1 Å². The SMILES string of the molecule is Cl.Cl.O=C1COc2ccc(N3C[C@H](CN[C@H]4CCNC4)OC3=O)nc2N1. The number of nitrogens with one attached hydrogen (secondary N) is 3. The van der Waals surface area contributed by atoms with Gasteiger partial charge in [-0.2, -0.15) is 0 Å². The Morgan fingerprint density at radius 1 is 1.31 bits per heavy atom. The van der Waals surface area contributed by atoms with E-state index in [4.69, 9.17) is 9.47 Å². The number of hydrogen-bond donors (Lipinski definition) is 3. The number of ether oxygens (including phenoxy) is 2. The molecule has 0 aromatic carbocycles. The van der Waals surface area contributed by atoms with Crippen LogP contribution in [0.5, 0.6) is 5.75 Å². The molecule has 0 unspecified atom stereocenters. The summed E-state index contributed by atoms with van der Waals surface area (Å²) in [6.45, 7) is 2.97. The number of pyridine rings is 1. The predicted molar refractivity (Wildman–Crippen MR) is 99.8 cm³/mol. The third-order valence-corrected chi connectivity index (χ3v) is 4.31. The summed E-state index contributed by atoms with van der Waals surface area (Å²) < 4.78 is 10.7. The van der Waals surface area contributed by atoms with Crippen LogP contribution in [0.1, 0.15) is 6.42 Å². The van der Waals surface area contributed by atoms with E-state index in [1.807, 2.05) is 0 Å². The molecule has 2 atom stereocenters. The summed E-state index contributed by atoms with van der Waals surface area (Å²) in [7, 11) is 0. The fraction of sp³-hybridized carbons (Fsp3) is 0.533. The normalized spacial score (nSPS) is 23.9. The van der Waals surface area contributed by atoms with E-state index in [1.165, 1.54) is 4.90 Å². The second kappa shape index (κ2) is 8.72. The molecule has 3 aliphatic rings. The molecule has 1 aromatic heterocycles. The fourth-order valence-electron chi connectivity index (χ4n) is 3.05. The number of carbonyl (C=O) groups is 2. The minimum atomic E-state index is -0.429. The lowest BCUT2D eigenvalue weighted by atomic mass is 10.2. The molecule has 9 nitrogen and oxygen atoms in total. The summed E-state index contributed by atoms with van der Waals surface area (Å²) in [5, 5.41) is 9.33. The number of rotatable bonds is 4. The molecular formula is C15H21Cl2N5O4. The van der Waals surface area contributed by atoms with Crippen molar-refractivity contribution in [2.45, 2.75) is 18.6 Å². The minimum absolute atomic E-state index is 0. The molecule has 3 N–H and O–H groups in total. The van der Waals surface area contributed by atoms with E-state index < -0.39 is 6.09 Å². The van der Waals surface area contributed by atoms with Gasteiger partial charge in [0.25, 0.3) is 5.91 Å². The first kappa shape index (κ1) is 20.5. The van der Waals surface area contributed by atoms with Crippen molar-refractivity contribution in [2.24, 2.45) is 0 Å². The molecule has 4 rings (SSSR count). The molecule has 2 amide bonds. The van der Waals surface area contributed by atoms with Crippen molar-refractivity contribution in [1.82, 2.24) is 15.6 Å². The monoisotopic (exact) mass is 405 g/mol. The van der Waals surface area contributed by atoms with Gasteiger partial charge in [-0.1, -0.05) is 0 Å². The maximum absolute atomic E-state index is 12.1. The van der Waals surface area contributed by atoms with Gasteiger partial charge in [0.15, 0.2) is 18.2 Å². The smallest absolute Gasteiger partial charge is 0.416 e. The lowest BCUT2D eigenvalue weighted by Gasteiger charge is -2.19. The van der Waals surface area contributed by atoms with Crippen LogP contribution in [-0.4, -0.2) is 61.9 Å². The fourth-order valence-corrected chi connectivity index (χ4v) is 3.05. The molecule has 0 saturated carbocycles. The second-order valence-electron chi connectivity index (χ2n) is 6.07. The minimum Gasteiger partial charge on any atom is -0.480 e. The topological polar surface area (TPSA) is 105 Å².